The van der Waals surface area contributed by atoms with Gasteiger partial charge in [0.2, 0.25) is 0 Å². The molecule has 0 spiro atoms. The second-order valence-corrected chi connectivity index (χ2v) is 4.11. The predicted octanol–water partition coefficient (Wildman–Crippen LogP) is -0.778. The summed E-state index contributed by atoms with van der Waals surface area (Å²) in [5.74, 6) is -0.918. The van der Waals surface area contributed by atoms with Crippen LogP contribution in [0.5, 0.6) is 0 Å². The van der Waals surface area contributed by atoms with Gasteiger partial charge in [0, 0.05) is 20.2 Å². The Balaban J connectivity index is 5.60. The Morgan fingerprint density at radius 1 is 1.24 bits per heavy atom. The molecule has 5 heteroatoms. The maximum absolute atomic E-state index is 11.6. The first-order valence-electron chi connectivity index (χ1n) is 5.30. The lowest BCUT2D eigenvalue weighted by atomic mass is 10.1. The Kier molecular flexibility index (Phi) is 6.20. The molecule has 0 bridgehead atoms. The summed E-state index contributed by atoms with van der Waals surface area (Å²) >= 11 is 0. The first-order valence-corrected chi connectivity index (χ1v) is 5.30. The van der Waals surface area contributed by atoms with Gasteiger partial charge < -0.3 is 14.5 Å². The molecule has 0 aromatic carbocycles. The molecular weight excluding hydrogens is 220 g/mol. The zero-order valence-corrected chi connectivity index (χ0v) is 11.3. The fourth-order valence-corrected chi connectivity index (χ4v) is 1.23. The van der Waals surface area contributed by atoms with Gasteiger partial charge in [-0.15, -0.1) is 0 Å². The minimum absolute atomic E-state index is 0.0648. The van der Waals surface area contributed by atoms with Crippen LogP contribution in [0.15, 0.2) is 23.5 Å². The highest BCUT2D eigenvalue weighted by atomic mass is 16.5. The van der Waals surface area contributed by atoms with Crippen LogP contribution in [0.1, 0.15) is 6.92 Å². The predicted molar refractivity (Wildman–Crippen MR) is 65.4 cm³/mol. The van der Waals surface area contributed by atoms with E-state index in [0.717, 1.165) is 4.90 Å². The lowest BCUT2D eigenvalue weighted by Gasteiger charge is -2.16. The summed E-state index contributed by atoms with van der Waals surface area (Å²) in [6, 6.07) is 0. The van der Waals surface area contributed by atoms with Crippen LogP contribution in [0.3, 0.4) is 0 Å². The highest BCUT2D eigenvalue weighted by molar-refractivity contribution is 6.17. The monoisotopic (exact) mass is 241 g/mol. The van der Waals surface area contributed by atoms with E-state index >= 15 is 0 Å². The van der Waals surface area contributed by atoms with Crippen molar-refractivity contribution in [1.29, 1.82) is 0 Å². The third-order valence-electron chi connectivity index (χ3n) is 2.05. The number of hydrogen-bond donors (Lipinski definition) is 1. The normalized spacial score (nSPS) is 12.6. The zero-order valence-electron chi connectivity index (χ0n) is 11.3. The Morgan fingerprint density at radius 3 is 2.06 bits per heavy atom. The zero-order chi connectivity index (χ0) is 13.6. The molecule has 0 amide bonds. The smallest absolute Gasteiger partial charge is 0.343 e. The summed E-state index contributed by atoms with van der Waals surface area (Å²) < 4.78 is 4.63. The molecule has 0 unspecified atom stereocenters. The van der Waals surface area contributed by atoms with Gasteiger partial charge in [0.05, 0.1) is 33.1 Å². The number of carbonyl (C=O) groups is 2. The number of likely N-dealkylation sites (N-methyl/N-ethyl adjacent to an activating group) is 1. The molecule has 0 rings (SSSR count). The van der Waals surface area contributed by atoms with E-state index in [0.29, 0.717) is 5.70 Å². The van der Waals surface area contributed by atoms with Gasteiger partial charge in [-0.2, -0.15) is 0 Å². The largest absolute Gasteiger partial charge is 0.465 e. The van der Waals surface area contributed by atoms with E-state index in [1.807, 2.05) is 20.3 Å². The number of methoxy groups -OCH3 is 1. The van der Waals surface area contributed by atoms with Crippen LogP contribution < -0.4 is 4.90 Å². The number of hydrogen-bond acceptors (Lipinski definition) is 4. The van der Waals surface area contributed by atoms with Gasteiger partial charge >= 0.3 is 5.97 Å². The van der Waals surface area contributed by atoms with E-state index in [1.165, 1.54) is 14.0 Å². The van der Waals surface area contributed by atoms with Crippen molar-refractivity contribution in [2.45, 2.75) is 6.92 Å². The first kappa shape index (κ1) is 15.4. The van der Waals surface area contributed by atoms with Crippen molar-refractivity contribution in [1.82, 2.24) is 4.90 Å². The van der Waals surface area contributed by atoms with Crippen molar-refractivity contribution < 1.29 is 19.2 Å². The van der Waals surface area contributed by atoms with Crippen molar-refractivity contribution in [3.05, 3.63) is 23.5 Å². The third-order valence-corrected chi connectivity index (χ3v) is 2.05. The topological polar surface area (TPSA) is 51.1 Å². The molecular formula is C12H21N2O3+. The molecule has 5 nitrogen and oxygen atoms in total. The second kappa shape index (κ2) is 6.85. The van der Waals surface area contributed by atoms with Gasteiger partial charge in [0.25, 0.3) is 0 Å². The number of allylic oxidation sites excluding steroid dienone is 1. The molecule has 0 saturated heterocycles. The number of rotatable bonds is 5. The molecule has 0 atom stereocenters. The second-order valence-electron chi connectivity index (χ2n) is 4.11. The lowest BCUT2D eigenvalue weighted by molar-refractivity contribution is -0.801. The summed E-state index contributed by atoms with van der Waals surface area (Å²) in [5, 5.41) is 0. The number of quaternary nitrogens is 1. The number of nitrogens with one attached hydrogen (secondary N) is 1. The van der Waals surface area contributed by atoms with Crippen LogP contribution in [0, 0.1) is 0 Å². The molecule has 0 aliphatic heterocycles. The van der Waals surface area contributed by atoms with Crippen LogP contribution >= 0.6 is 0 Å². The van der Waals surface area contributed by atoms with E-state index in [-0.39, 0.29) is 11.4 Å². The first-order chi connectivity index (χ1) is 7.81. The fourth-order valence-electron chi connectivity index (χ4n) is 1.23. The average molecular weight is 241 g/mol. The van der Waals surface area contributed by atoms with E-state index < -0.39 is 5.97 Å². The molecule has 0 fully saturated rings. The van der Waals surface area contributed by atoms with Crippen LogP contribution in [0.4, 0.5) is 0 Å². The Hall–Kier alpha value is -1.62. The minimum Gasteiger partial charge on any atom is -0.465 e. The highest BCUT2D eigenvalue weighted by Crippen LogP contribution is 2.11. The molecule has 0 aromatic heterocycles. The van der Waals surface area contributed by atoms with Crippen molar-refractivity contribution in [2.24, 2.45) is 0 Å². The number of Topliss-reactive ketones (excluding diaryl/α,β-unsaturated/α-hetero) is 1. The minimum atomic E-state index is -0.611. The standard InChI is InChI=1S/C12H20N2O3/c1-9(15)11(12(16)17-6)10(14(4)5)7-8-13(2)3/h7-8H,1-6H3/p+1/b8-7+,11-10+. The quantitative estimate of drug-likeness (QED) is 0.226. The summed E-state index contributed by atoms with van der Waals surface area (Å²) in [6.45, 7) is 1.35. The lowest BCUT2D eigenvalue weighted by Crippen LogP contribution is -3.00. The molecule has 0 aliphatic carbocycles. The molecule has 96 valence electrons. The van der Waals surface area contributed by atoms with Gasteiger partial charge in [0.1, 0.15) is 5.57 Å². The Labute approximate surface area is 102 Å². The Morgan fingerprint density at radius 2 is 1.76 bits per heavy atom. The van der Waals surface area contributed by atoms with Gasteiger partial charge in [0.15, 0.2) is 5.78 Å². The van der Waals surface area contributed by atoms with Crippen LogP contribution in [-0.2, 0) is 14.3 Å². The van der Waals surface area contributed by atoms with Crippen molar-refractivity contribution >= 4 is 11.8 Å². The van der Waals surface area contributed by atoms with Gasteiger partial charge in [-0.1, -0.05) is 0 Å². The summed E-state index contributed by atoms with van der Waals surface area (Å²) in [5.41, 5.74) is 0.612. The van der Waals surface area contributed by atoms with Crippen molar-refractivity contribution in [2.75, 3.05) is 35.3 Å². The van der Waals surface area contributed by atoms with Crippen LogP contribution in [-0.4, -0.2) is 52.0 Å². The maximum atomic E-state index is 11.6. The summed E-state index contributed by atoms with van der Waals surface area (Å²) in [7, 11) is 8.69. The van der Waals surface area contributed by atoms with Crippen LogP contribution in [0.2, 0.25) is 0 Å². The average Bonchev–Trinajstić information content (AvgIpc) is 2.21. The number of esters is 1. The molecule has 0 saturated carbocycles. The molecule has 17 heavy (non-hydrogen) atoms. The van der Waals surface area contributed by atoms with E-state index in [9.17, 15) is 9.59 Å². The van der Waals surface area contributed by atoms with Crippen LogP contribution in [0.25, 0.3) is 0 Å². The molecule has 0 aromatic rings. The van der Waals surface area contributed by atoms with E-state index in [4.69, 9.17) is 0 Å². The third kappa shape index (κ3) is 4.82. The molecule has 0 heterocycles. The summed E-state index contributed by atoms with van der Waals surface area (Å²) in [4.78, 5) is 25.9. The number of ether oxygens (including phenoxy) is 1. The van der Waals surface area contributed by atoms with Crippen molar-refractivity contribution in [3.63, 3.8) is 0 Å². The fraction of sp³-hybridized carbons (Fsp3) is 0.500. The number of carbonyl (C=O) groups excluding carboxylic acids is 2. The van der Waals surface area contributed by atoms with E-state index in [1.54, 1.807) is 25.1 Å². The maximum Gasteiger partial charge on any atom is 0.343 e. The van der Waals surface area contributed by atoms with Crippen molar-refractivity contribution in [3.8, 4) is 0 Å². The Bertz CT molecular complexity index is 355. The molecule has 0 aliphatic rings. The molecule has 0 radical (unpaired) electrons. The van der Waals surface area contributed by atoms with Gasteiger partial charge in [-0.05, 0) is 6.92 Å². The SMILES string of the molecule is COC(=O)/C(C(C)=O)=C(\C=C\[NH+](C)C)N(C)C. The van der Waals surface area contributed by atoms with Gasteiger partial charge in [-0.25, -0.2) is 4.79 Å². The van der Waals surface area contributed by atoms with E-state index in [2.05, 4.69) is 4.74 Å². The number of nitrogens with zero attached hydrogens (tertiary/aromatic N) is 1. The molecule has 1 N–H and O–H groups in total. The summed E-state index contributed by atoms with van der Waals surface area (Å²) in [6.07, 6.45) is 3.59. The highest BCUT2D eigenvalue weighted by Gasteiger charge is 2.20. The number of ketones is 1. The van der Waals surface area contributed by atoms with Gasteiger partial charge in [-0.3, -0.25) is 4.79 Å².